The molecule has 0 spiro atoms. The fraction of sp³-hybridized carbons (Fsp3) is 0.290. The number of carbonyl (C=O) groups is 1. The maximum Gasteiger partial charge on any atom is 0.273 e. The fourth-order valence-corrected chi connectivity index (χ4v) is 4.79. The highest BCUT2D eigenvalue weighted by Crippen LogP contribution is 2.38. The van der Waals surface area contributed by atoms with Crippen LogP contribution in [0.25, 0.3) is 0 Å². The summed E-state index contributed by atoms with van der Waals surface area (Å²) in [5.41, 5.74) is 4.45. The molecule has 1 atom stereocenters. The number of benzene rings is 3. The number of carbonyl (C=O) groups excluding carboxylic acids is 1. The summed E-state index contributed by atoms with van der Waals surface area (Å²) in [7, 11) is 0. The fourth-order valence-electron chi connectivity index (χ4n) is 4.79. The van der Waals surface area contributed by atoms with Crippen molar-refractivity contribution in [1.82, 2.24) is 15.2 Å². The number of aromatic nitrogens is 1. The van der Waals surface area contributed by atoms with Crippen LogP contribution in [0.3, 0.4) is 0 Å². The maximum absolute atomic E-state index is 14.5. The molecule has 5 rings (SSSR count). The van der Waals surface area contributed by atoms with Crippen molar-refractivity contribution in [2.75, 3.05) is 13.1 Å². The molecule has 1 aliphatic rings. The molecule has 196 valence electrons. The van der Waals surface area contributed by atoms with E-state index in [1.807, 2.05) is 50.2 Å². The monoisotopic (exact) mass is 513 g/mol. The zero-order valence-electron chi connectivity index (χ0n) is 21.7. The van der Waals surface area contributed by atoms with E-state index >= 15 is 0 Å². The molecule has 1 unspecified atom stereocenters. The van der Waals surface area contributed by atoms with E-state index in [9.17, 15) is 9.18 Å². The Morgan fingerprint density at radius 2 is 1.92 bits per heavy atom. The molecule has 0 bridgehead atoms. The highest BCUT2D eigenvalue weighted by atomic mass is 19.1. The van der Waals surface area contributed by atoms with Crippen molar-refractivity contribution < 1.29 is 18.3 Å². The molecule has 1 N–H and O–H groups in total. The Kier molecular flexibility index (Phi) is 7.84. The highest BCUT2D eigenvalue weighted by Gasteiger charge is 2.29. The smallest absolute Gasteiger partial charge is 0.273 e. The molecule has 0 saturated heterocycles. The van der Waals surface area contributed by atoms with Gasteiger partial charge < -0.3 is 14.5 Å². The first-order chi connectivity index (χ1) is 18.5. The second kappa shape index (κ2) is 11.6. The summed E-state index contributed by atoms with van der Waals surface area (Å²) in [6.45, 7) is 6.06. The third-order valence-corrected chi connectivity index (χ3v) is 6.71. The molecule has 2 heterocycles. The molecular formula is C31H32FN3O3. The van der Waals surface area contributed by atoms with Gasteiger partial charge >= 0.3 is 0 Å². The lowest BCUT2D eigenvalue weighted by molar-refractivity contribution is 0.0944. The quantitative estimate of drug-likeness (QED) is 0.301. The predicted octanol–water partition coefficient (Wildman–Crippen LogP) is 5.93. The van der Waals surface area contributed by atoms with Gasteiger partial charge in [0.05, 0.1) is 6.04 Å². The summed E-state index contributed by atoms with van der Waals surface area (Å²) in [4.78, 5) is 18.8. The van der Waals surface area contributed by atoms with Crippen LogP contribution >= 0.6 is 0 Å². The van der Waals surface area contributed by atoms with Crippen LogP contribution in [0.4, 0.5) is 4.39 Å². The number of ether oxygens (including phenoxy) is 1. The molecule has 6 nitrogen and oxygen atoms in total. The van der Waals surface area contributed by atoms with Gasteiger partial charge in [0.25, 0.3) is 5.91 Å². The zero-order valence-corrected chi connectivity index (χ0v) is 21.7. The zero-order chi connectivity index (χ0) is 26.5. The van der Waals surface area contributed by atoms with Gasteiger partial charge in [-0.1, -0.05) is 68.4 Å². The largest absolute Gasteiger partial charge is 0.484 e. The number of nitrogens with zero attached hydrogens (tertiary/aromatic N) is 2. The number of nitrogens with one attached hydrogen (secondary N) is 1. The van der Waals surface area contributed by atoms with Gasteiger partial charge in [-0.3, -0.25) is 9.69 Å². The number of oxazole rings is 1. The Labute approximate surface area is 222 Å². The minimum atomic E-state index is -0.261. The van der Waals surface area contributed by atoms with Gasteiger partial charge in [-0.25, -0.2) is 9.37 Å². The summed E-state index contributed by atoms with van der Waals surface area (Å²) in [5.74, 6) is 0.910. The number of hydrogen-bond donors (Lipinski definition) is 1. The Bertz CT molecular complexity index is 1390. The lowest BCUT2D eigenvalue weighted by atomic mass is 9.87. The SMILES string of the molecule is CC(C)CNC(=O)c1coc(COc2ccc3c(c2)C(c2ccccc2)N(Cc2ccccc2F)CC3)n1. The van der Waals surface area contributed by atoms with Crippen molar-refractivity contribution in [3.8, 4) is 5.75 Å². The molecule has 38 heavy (non-hydrogen) atoms. The Balaban J connectivity index is 1.35. The first-order valence-corrected chi connectivity index (χ1v) is 13.0. The van der Waals surface area contributed by atoms with E-state index in [4.69, 9.17) is 9.15 Å². The van der Waals surface area contributed by atoms with Crippen LogP contribution in [0.1, 0.15) is 58.5 Å². The molecule has 0 saturated carbocycles. The maximum atomic E-state index is 14.5. The van der Waals surface area contributed by atoms with E-state index in [2.05, 4.69) is 39.5 Å². The van der Waals surface area contributed by atoms with Gasteiger partial charge in [0.15, 0.2) is 12.3 Å². The molecule has 0 radical (unpaired) electrons. The topological polar surface area (TPSA) is 67.6 Å². The molecule has 1 aromatic heterocycles. The first kappa shape index (κ1) is 25.7. The second-order valence-electron chi connectivity index (χ2n) is 10.0. The number of hydrogen-bond acceptors (Lipinski definition) is 5. The molecule has 1 aliphatic heterocycles. The molecule has 0 aliphatic carbocycles. The van der Waals surface area contributed by atoms with E-state index < -0.39 is 0 Å². The van der Waals surface area contributed by atoms with E-state index in [1.165, 1.54) is 17.9 Å². The second-order valence-corrected chi connectivity index (χ2v) is 10.0. The standard InChI is InChI=1S/C31H32FN3O3/c1-21(2)17-33-31(36)28-19-38-29(34-28)20-37-25-13-12-22-14-15-35(18-24-10-6-7-11-27(24)32)30(26(22)16-25)23-8-4-3-5-9-23/h3-13,16,19,21,30H,14-15,17-18,20H2,1-2H3,(H,33,36). The minimum absolute atomic E-state index is 0.0406. The van der Waals surface area contributed by atoms with Crippen molar-refractivity contribution in [3.05, 3.63) is 119 Å². The lowest BCUT2D eigenvalue weighted by Gasteiger charge is -2.38. The van der Waals surface area contributed by atoms with E-state index in [1.54, 1.807) is 6.07 Å². The average molecular weight is 514 g/mol. The number of fused-ring (bicyclic) bond motifs is 1. The third kappa shape index (κ3) is 5.94. The molecule has 3 aromatic carbocycles. The number of rotatable bonds is 9. The average Bonchev–Trinajstić information content (AvgIpc) is 3.41. The van der Waals surface area contributed by atoms with Gasteiger partial charge in [-0.2, -0.15) is 0 Å². The summed E-state index contributed by atoms with van der Waals surface area (Å²) in [6.07, 6.45) is 2.22. The number of halogens is 1. The van der Waals surface area contributed by atoms with Crippen LogP contribution in [-0.4, -0.2) is 28.9 Å². The van der Waals surface area contributed by atoms with E-state index in [0.717, 1.165) is 24.1 Å². The Hall–Kier alpha value is -3.97. The Morgan fingerprint density at radius 3 is 2.71 bits per heavy atom. The normalized spacial score (nSPS) is 15.3. The van der Waals surface area contributed by atoms with Crippen LogP contribution in [0.2, 0.25) is 0 Å². The number of amides is 1. The van der Waals surface area contributed by atoms with Gasteiger partial charge in [0, 0.05) is 25.2 Å². The van der Waals surface area contributed by atoms with Crippen LogP contribution in [0.5, 0.6) is 5.75 Å². The molecular weight excluding hydrogens is 481 g/mol. The van der Waals surface area contributed by atoms with E-state index in [0.29, 0.717) is 36.2 Å². The van der Waals surface area contributed by atoms with Gasteiger partial charge in [-0.15, -0.1) is 0 Å². The van der Waals surface area contributed by atoms with Crippen molar-refractivity contribution >= 4 is 5.91 Å². The van der Waals surface area contributed by atoms with Crippen molar-refractivity contribution in [3.63, 3.8) is 0 Å². The van der Waals surface area contributed by atoms with E-state index in [-0.39, 0.29) is 30.1 Å². The van der Waals surface area contributed by atoms with Crippen molar-refractivity contribution in [1.29, 1.82) is 0 Å². The van der Waals surface area contributed by atoms with Gasteiger partial charge in [0.1, 0.15) is 17.8 Å². The van der Waals surface area contributed by atoms with Gasteiger partial charge in [-0.05, 0) is 47.2 Å². The summed E-state index contributed by atoms with van der Waals surface area (Å²) in [6, 6.07) is 23.3. The van der Waals surface area contributed by atoms with Crippen LogP contribution < -0.4 is 10.1 Å². The molecule has 4 aromatic rings. The van der Waals surface area contributed by atoms with Crippen LogP contribution in [0.15, 0.2) is 83.5 Å². The van der Waals surface area contributed by atoms with Crippen molar-refractivity contribution in [2.45, 2.75) is 39.5 Å². The third-order valence-electron chi connectivity index (χ3n) is 6.71. The molecule has 1 amide bonds. The predicted molar refractivity (Wildman–Crippen MR) is 143 cm³/mol. The lowest BCUT2D eigenvalue weighted by Crippen LogP contribution is -2.36. The first-order valence-electron chi connectivity index (χ1n) is 13.0. The van der Waals surface area contributed by atoms with Gasteiger partial charge in [0.2, 0.25) is 5.89 Å². The van der Waals surface area contributed by atoms with Crippen LogP contribution in [0, 0.1) is 11.7 Å². The van der Waals surface area contributed by atoms with Crippen molar-refractivity contribution in [2.24, 2.45) is 5.92 Å². The molecule has 0 fully saturated rings. The summed E-state index contributed by atoms with van der Waals surface area (Å²) in [5, 5.41) is 2.83. The van der Waals surface area contributed by atoms with Crippen LogP contribution in [-0.2, 0) is 19.6 Å². The summed E-state index contributed by atoms with van der Waals surface area (Å²) >= 11 is 0. The minimum Gasteiger partial charge on any atom is -0.484 e. The highest BCUT2D eigenvalue weighted by molar-refractivity contribution is 5.91. The summed E-state index contributed by atoms with van der Waals surface area (Å²) < 4.78 is 26.1. The Morgan fingerprint density at radius 1 is 1.13 bits per heavy atom. The molecule has 7 heteroatoms.